The predicted octanol–water partition coefficient (Wildman–Crippen LogP) is 2.62. The largest absolute Gasteiger partial charge is 0.398 e. The minimum Gasteiger partial charge on any atom is -0.398 e. The Hall–Kier alpha value is -0.790. The molecule has 1 heterocycles. The summed E-state index contributed by atoms with van der Waals surface area (Å²) in [6, 6.07) is 2.40. The van der Waals surface area contributed by atoms with Gasteiger partial charge in [0.15, 0.2) is 0 Å². The van der Waals surface area contributed by atoms with Gasteiger partial charge in [0.05, 0.1) is 4.90 Å². The van der Waals surface area contributed by atoms with Crippen molar-refractivity contribution in [3.05, 3.63) is 23.5 Å². The molecule has 0 unspecified atom stereocenters. The zero-order chi connectivity index (χ0) is 15.8. The highest BCUT2D eigenvalue weighted by Gasteiger charge is 2.31. The van der Waals surface area contributed by atoms with E-state index < -0.39 is 15.8 Å². The molecule has 0 saturated carbocycles. The summed E-state index contributed by atoms with van der Waals surface area (Å²) in [6.07, 6.45) is 0.765. The number of sulfonamides is 1. The van der Waals surface area contributed by atoms with E-state index in [9.17, 15) is 12.8 Å². The smallest absolute Gasteiger partial charge is 0.243 e. The zero-order valence-electron chi connectivity index (χ0n) is 12.5. The molecule has 0 amide bonds. The Morgan fingerprint density at radius 1 is 1.33 bits per heavy atom. The lowest BCUT2D eigenvalue weighted by Gasteiger charge is -2.22. The SMILES string of the molecule is Cc1c(N)cc(S(=O)(=O)N2CCSC(C)(C)CC2)cc1F. The molecule has 0 spiro atoms. The molecular formula is C14H21FN2O2S2. The standard InChI is InChI=1S/C14H21FN2O2S2/c1-10-12(15)8-11(9-13(10)16)21(18,19)17-5-4-14(2,3)20-7-6-17/h8-9H,4-7,16H2,1-3H3. The van der Waals surface area contributed by atoms with Crippen molar-refractivity contribution >= 4 is 27.5 Å². The van der Waals surface area contributed by atoms with Crippen molar-refractivity contribution in [2.24, 2.45) is 0 Å². The fraction of sp³-hybridized carbons (Fsp3) is 0.571. The van der Waals surface area contributed by atoms with Crippen LogP contribution in [0.2, 0.25) is 0 Å². The molecule has 0 aliphatic carbocycles. The fourth-order valence-electron chi connectivity index (χ4n) is 2.21. The summed E-state index contributed by atoms with van der Waals surface area (Å²) in [5, 5.41) is 0. The Morgan fingerprint density at radius 3 is 2.62 bits per heavy atom. The van der Waals surface area contributed by atoms with Crippen LogP contribution in [0.4, 0.5) is 10.1 Å². The van der Waals surface area contributed by atoms with Crippen LogP contribution in [0.15, 0.2) is 17.0 Å². The Kier molecular flexibility index (Phi) is 4.56. The van der Waals surface area contributed by atoms with Gasteiger partial charge in [0.2, 0.25) is 10.0 Å². The van der Waals surface area contributed by atoms with Crippen molar-refractivity contribution in [3.63, 3.8) is 0 Å². The minimum atomic E-state index is -3.70. The molecule has 118 valence electrons. The molecule has 0 bridgehead atoms. The molecular weight excluding hydrogens is 311 g/mol. The molecule has 0 atom stereocenters. The van der Waals surface area contributed by atoms with E-state index in [0.29, 0.717) is 13.1 Å². The van der Waals surface area contributed by atoms with Gasteiger partial charge in [-0.25, -0.2) is 12.8 Å². The minimum absolute atomic E-state index is 0.0574. The number of benzene rings is 1. The first-order chi connectivity index (χ1) is 9.63. The maximum atomic E-state index is 13.8. The van der Waals surface area contributed by atoms with Crippen LogP contribution in [0.25, 0.3) is 0 Å². The number of nitrogens with zero attached hydrogens (tertiary/aromatic N) is 1. The van der Waals surface area contributed by atoms with Crippen LogP contribution >= 0.6 is 11.8 Å². The van der Waals surface area contributed by atoms with Gasteiger partial charge in [0.25, 0.3) is 0 Å². The lowest BCUT2D eigenvalue weighted by Crippen LogP contribution is -2.33. The molecule has 1 saturated heterocycles. The fourth-order valence-corrected chi connectivity index (χ4v) is 4.92. The van der Waals surface area contributed by atoms with E-state index in [0.717, 1.165) is 18.2 Å². The van der Waals surface area contributed by atoms with Crippen LogP contribution in [0.5, 0.6) is 0 Å². The first kappa shape index (κ1) is 16.6. The monoisotopic (exact) mass is 332 g/mol. The summed E-state index contributed by atoms with van der Waals surface area (Å²) in [5.41, 5.74) is 6.14. The number of thioether (sulfide) groups is 1. The van der Waals surface area contributed by atoms with Crippen molar-refractivity contribution in [2.75, 3.05) is 24.6 Å². The van der Waals surface area contributed by atoms with Gasteiger partial charge in [-0.3, -0.25) is 0 Å². The van der Waals surface area contributed by atoms with Crippen LogP contribution in [0.1, 0.15) is 25.8 Å². The van der Waals surface area contributed by atoms with E-state index in [2.05, 4.69) is 13.8 Å². The van der Waals surface area contributed by atoms with E-state index in [-0.39, 0.29) is 20.9 Å². The molecule has 2 N–H and O–H groups in total. The zero-order valence-corrected chi connectivity index (χ0v) is 14.2. The van der Waals surface area contributed by atoms with Gasteiger partial charge in [0, 0.05) is 34.8 Å². The molecule has 1 aromatic rings. The third-order valence-electron chi connectivity index (χ3n) is 3.79. The van der Waals surface area contributed by atoms with Gasteiger partial charge < -0.3 is 5.73 Å². The maximum Gasteiger partial charge on any atom is 0.243 e. The number of anilines is 1. The van der Waals surface area contributed by atoms with Gasteiger partial charge in [-0.15, -0.1) is 0 Å². The number of hydrogen-bond acceptors (Lipinski definition) is 4. The summed E-state index contributed by atoms with van der Waals surface area (Å²) in [4.78, 5) is -0.0622. The topological polar surface area (TPSA) is 63.4 Å². The van der Waals surface area contributed by atoms with Gasteiger partial charge >= 0.3 is 0 Å². The molecule has 1 aliphatic heterocycles. The molecule has 1 fully saturated rings. The van der Waals surface area contributed by atoms with Gasteiger partial charge in [-0.1, -0.05) is 13.8 Å². The molecule has 2 rings (SSSR count). The van der Waals surface area contributed by atoms with E-state index in [4.69, 9.17) is 5.73 Å². The lowest BCUT2D eigenvalue weighted by molar-refractivity contribution is 0.415. The van der Waals surface area contributed by atoms with Gasteiger partial charge in [-0.05, 0) is 25.5 Å². The number of rotatable bonds is 2. The van der Waals surface area contributed by atoms with Crippen LogP contribution in [-0.2, 0) is 10.0 Å². The summed E-state index contributed by atoms with van der Waals surface area (Å²) in [7, 11) is -3.70. The Balaban J connectivity index is 2.34. The van der Waals surface area contributed by atoms with E-state index in [1.165, 1.54) is 17.3 Å². The highest BCUT2D eigenvalue weighted by Crippen LogP contribution is 2.33. The summed E-state index contributed by atoms with van der Waals surface area (Å²) in [6.45, 7) is 6.63. The number of nitrogens with two attached hydrogens (primary N) is 1. The first-order valence-corrected chi connectivity index (χ1v) is 9.26. The molecule has 4 nitrogen and oxygen atoms in total. The summed E-state index contributed by atoms with van der Waals surface area (Å²) < 4.78 is 40.6. The normalized spacial score (nSPS) is 20.2. The van der Waals surface area contributed by atoms with Crippen LogP contribution in [0, 0.1) is 12.7 Å². The second-order valence-electron chi connectivity index (χ2n) is 5.88. The summed E-state index contributed by atoms with van der Waals surface area (Å²) >= 11 is 1.76. The lowest BCUT2D eigenvalue weighted by atomic mass is 10.1. The first-order valence-electron chi connectivity index (χ1n) is 6.83. The van der Waals surface area contributed by atoms with Crippen LogP contribution in [-0.4, -0.2) is 36.3 Å². The van der Waals surface area contributed by atoms with Crippen molar-refractivity contribution in [3.8, 4) is 0 Å². The Morgan fingerprint density at radius 2 is 2.00 bits per heavy atom. The quantitative estimate of drug-likeness (QED) is 0.846. The Labute approximate surface area is 129 Å². The third-order valence-corrected chi connectivity index (χ3v) is 7.04. The van der Waals surface area contributed by atoms with Crippen molar-refractivity contribution in [2.45, 2.75) is 36.8 Å². The molecule has 0 aromatic heterocycles. The average molecular weight is 332 g/mol. The van der Waals surface area contributed by atoms with Crippen LogP contribution in [0.3, 0.4) is 0 Å². The maximum absolute atomic E-state index is 13.8. The highest BCUT2D eigenvalue weighted by molar-refractivity contribution is 8.00. The van der Waals surface area contributed by atoms with Gasteiger partial charge in [-0.2, -0.15) is 16.1 Å². The molecule has 7 heteroatoms. The number of nitrogen functional groups attached to an aromatic ring is 1. The van der Waals surface area contributed by atoms with Crippen molar-refractivity contribution in [1.82, 2.24) is 4.31 Å². The summed E-state index contributed by atoms with van der Waals surface area (Å²) in [5.74, 6) is 0.147. The highest BCUT2D eigenvalue weighted by atomic mass is 32.2. The van der Waals surface area contributed by atoms with E-state index >= 15 is 0 Å². The van der Waals surface area contributed by atoms with Crippen LogP contribution < -0.4 is 5.73 Å². The van der Waals surface area contributed by atoms with E-state index in [1.807, 2.05) is 0 Å². The molecule has 21 heavy (non-hydrogen) atoms. The average Bonchev–Trinajstić information content (AvgIpc) is 2.56. The Bertz CT molecular complexity index is 621. The second-order valence-corrected chi connectivity index (χ2v) is 9.62. The van der Waals surface area contributed by atoms with Crippen molar-refractivity contribution < 1.29 is 12.8 Å². The molecule has 1 aromatic carbocycles. The predicted molar refractivity (Wildman–Crippen MR) is 85.5 cm³/mol. The third kappa shape index (κ3) is 3.52. The molecule has 1 aliphatic rings. The van der Waals surface area contributed by atoms with Crippen molar-refractivity contribution in [1.29, 1.82) is 0 Å². The second kappa shape index (κ2) is 5.78. The number of hydrogen-bond donors (Lipinski definition) is 1. The molecule has 0 radical (unpaired) electrons. The van der Waals surface area contributed by atoms with E-state index in [1.54, 1.807) is 11.8 Å². The van der Waals surface area contributed by atoms with Gasteiger partial charge in [0.1, 0.15) is 5.82 Å². The number of halogens is 1.